The minimum absolute atomic E-state index is 0.101. The van der Waals surface area contributed by atoms with Gasteiger partial charge in [0.25, 0.3) is 6.43 Å². The fraction of sp³-hybridized carbons (Fsp3) is 0.364. The molecule has 118 valence electrons. The molecule has 0 saturated heterocycles. The van der Waals surface area contributed by atoms with Crippen LogP contribution in [-0.4, -0.2) is 34.0 Å². The van der Waals surface area contributed by atoms with Crippen LogP contribution < -0.4 is 10.5 Å². The molecule has 0 bridgehead atoms. The van der Waals surface area contributed by atoms with Crippen molar-refractivity contribution >= 4 is 37.5 Å². The number of alkyl halides is 2. The van der Waals surface area contributed by atoms with Gasteiger partial charge in [-0.1, -0.05) is 0 Å². The van der Waals surface area contributed by atoms with E-state index in [0.717, 1.165) is 0 Å². The van der Waals surface area contributed by atoms with Crippen molar-refractivity contribution in [2.75, 3.05) is 18.5 Å². The molecule has 0 atom stereocenters. The van der Waals surface area contributed by atoms with Gasteiger partial charge in [0, 0.05) is 4.47 Å². The second-order valence-electron chi connectivity index (χ2n) is 3.95. The molecule has 3 N–H and O–H groups in total. The Labute approximate surface area is 128 Å². The number of anilines is 1. The first kappa shape index (κ1) is 18.0. The zero-order chi connectivity index (χ0) is 16.0. The molecule has 0 heterocycles. The molecule has 1 aromatic carbocycles. The number of carbonyl (C=O) groups is 1. The van der Waals surface area contributed by atoms with Crippen LogP contribution in [0.4, 0.5) is 14.5 Å². The summed E-state index contributed by atoms with van der Waals surface area (Å²) in [4.78, 5) is 11.4. The Morgan fingerprint density at radius 3 is 2.62 bits per heavy atom. The second kappa shape index (κ2) is 7.78. The number of nitrogens with two attached hydrogens (primary N) is 1. The van der Waals surface area contributed by atoms with Crippen LogP contribution in [0.15, 0.2) is 27.6 Å². The monoisotopic (exact) mass is 386 g/mol. The van der Waals surface area contributed by atoms with Crippen molar-refractivity contribution in [3.05, 3.63) is 22.7 Å². The van der Waals surface area contributed by atoms with Crippen LogP contribution in [-0.2, 0) is 19.6 Å². The summed E-state index contributed by atoms with van der Waals surface area (Å²) in [7, 11) is -3.83. The Hall–Kier alpha value is -1.10. The highest BCUT2D eigenvalue weighted by atomic mass is 79.9. The van der Waals surface area contributed by atoms with Crippen LogP contribution >= 0.6 is 15.9 Å². The summed E-state index contributed by atoms with van der Waals surface area (Å²) in [6, 6.07) is 3.85. The standard InChI is InChI=1S/C11H13BrF2N2O4S/c12-8-5-7(21(15,18)19)1-2-9(8)16-11(17)3-4-20-6-10(13)14/h1-2,5,10H,3-4,6H2,(H,16,17)(H2,15,18,19). The van der Waals surface area contributed by atoms with Crippen molar-refractivity contribution in [1.82, 2.24) is 0 Å². The van der Waals surface area contributed by atoms with E-state index in [1.165, 1.54) is 18.2 Å². The quantitative estimate of drug-likeness (QED) is 0.696. The number of rotatable bonds is 7. The molecule has 0 aliphatic carbocycles. The molecule has 6 nitrogen and oxygen atoms in total. The van der Waals surface area contributed by atoms with E-state index < -0.39 is 29.0 Å². The molecule has 21 heavy (non-hydrogen) atoms. The Morgan fingerprint density at radius 2 is 2.10 bits per heavy atom. The summed E-state index contributed by atoms with van der Waals surface area (Å²) < 4.78 is 50.8. The van der Waals surface area contributed by atoms with E-state index in [2.05, 4.69) is 26.0 Å². The molecular weight excluding hydrogens is 374 g/mol. The van der Waals surface area contributed by atoms with Gasteiger partial charge in [0.2, 0.25) is 15.9 Å². The number of hydrogen-bond acceptors (Lipinski definition) is 4. The summed E-state index contributed by atoms with van der Waals surface area (Å²) in [5.74, 6) is -0.451. The number of sulfonamides is 1. The number of carbonyl (C=O) groups excluding carboxylic acids is 1. The van der Waals surface area contributed by atoms with Crippen LogP contribution in [0.3, 0.4) is 0 Å². The van der Waals surface area contributed by atoms with Crippen molar-refractivity contribution in [3.8, 4) is 0 Å². The van der Waals surface area contributed by atoms with Gasteiger partial charge in [-0.05, 0) is 34.1 Å². The lowest BCUT2D eigenvalue weighted by atomic mass is 10.3. The Kier molecular flexibility index (Phi) is 6.65. The summed E-state index contributed by atoms with van der Waals surface area (Å²) in [6.07, 6.45) is -2.68. The maximum atomic E-state index is 11.8. The second-order valence-corrected chi connectivity index (χ2v) is 6.37. The highest BCUT2D eigenvalue weighted by Gasteiger charge is 2.12. The number of hydrogen-bond donors (Lipinski definition) is 2. The van der Waals surface area contributed by atoms with Crippen molar-refractivity contribution in [2.24, 2.45) is 5.14 Å². The lowest BCUT2D eigenvalue weighted by molar-refractivity contribution is -0.117. The van der Waals surface area contributed by atoms with Crippen molar-refractivity contribution in [1.29, 1.82) is 0 Å². The van der Waals surface area contributed by atoms with E-state index >= 15 is 0 Å². The summed E-state index contributed by atoms with van der Waals surface area (Å²) in [6.45, 7) is -0.858. The molecule has 10 heteroatoms. The van der Waals surface area contributed by atoms with Crippen molar-refractivity contribution in [2.45, 2.75) is 17.7 Å². The molecule has 0 aromatic heterocycles. The lowest BCUT2D eigenvalue weighted by Crippen LogP contribution is -2.16. The fourth-order valence-electron chi connectivity index (χ4n) is 1.32. The predicted octanol–water partition coefficient (Wildman–Crippen LogP) is 1.71. The van der Waals surface area contributed by atoms with Gasteiger partial charge in [-0.3, -0.25) is 4.79 Å². The number of ether oxygens (including phenoxy) is 1. The zero-order valence-electron chi connectivity index (χ0n) is 10.7. The first-order chi connectivity index (χ1) is 9.70. The Balaban J connectivity index is 2.57. The molecular formula is C11H13BrF2N2O4S. The van der Waals surface area contributed by atoms with E-state index in [9.17, 15) is 22.0 Å². The summed E-state index contributed by atoms with van der Waals surface area (Å²) >= 11 is 3.10. The minimum atomic E-state index is -3.83. The Morgan fingerprint density at radius 1 is 1.43 bits per heavy atom. The van der Waals surface area contributed by atoms with E-state index in [0.29, 0.717) is 10.2 Å². The SMILES string of the molecule is NS(=O)(=O)c1ccc(NC(=O)CCOCC(F)F)c(Br)c1. The molecule has 0 spiro atoms. The molecule has 0 saturated carbocycles. The number of amides is 1. The van der Waals surface area contributed by atoms with Crippen LogP contribution in [0, 0.1) is 0 Å². The average molecular weight is 387 g/mol. The number of benzene rings is 1. The van der Waals surface area contributed by atoms with Gasteiger partial charge in [-0.25, -0.2) is 22.3 Å². The highest BCUT2D eigenvalue weighted by molar-refractivity contribution is 9.10. The zero-order valence-corrected chi connectivity index (χ0v) is 13.1. The van der Waals surface area contributed by atoms with E-state index in [4.69, 9.17) is 5.14 Å². The van der Waals surface area contributed by atoms with Crippen LogP contribution in [0.5, 0.6) is 0 Å². The van der Waals surface area contributed by atoms with E-state index in [-0.39, 0.29) is 17.9 Å². The lowest BCUT2D eigenvalue weighted by Gasteiger charge is -2.09. The Bertz CT molecular complexity index is 610. The maximum Gasteiger partial charge on any atom is 0.261 e. The van der Waals surface area contributed by atoms with Crippen LogP contribution in [0.25, 0.3) is 0 Å². The average Bonchev–Trinajstić information content (AvgIpc) is 2.35. The van der Waals surface area contributed by atoms with Crippen molar-refractivity contribution < 1.29 is 26.7 Å². The van der Waals surface area contributed by atoms with Gasteiger partial charge in [-0.15, -0.1) is 0 Å². The van der Waals surface area contributed by atoms with Gasteiger partial charge in [0.05, 0.1) is 23.6 Å². The third kappa shape index (κ3) is 6.46. The first-order valence-corrected chi connectivity index (χ1v) is 8.02. The molecule has 0 fully saturated rings. The molecule has 1 aromatic rings. The number of primary sulfonamides is 1. The van der Waals surface area contributed by atoms with Gasteiger partial charge in [0.15, 0.2) is 0 Å². The van der Waals surface area contributed by atoms with Gasteiger partial charge in [-0.2, -0.15) is 0 Å². The molecule has 0 radical (unpaired) electrons. The predicted molar refractivity (Wildman–Crippen MR) is 75.6 cm³/mol. The largest absolute Gasteiger partial charge is 0.375 e. The third-order valence-electron chi connectivity index (χ3n) is 2.26. The smallest absolute Gasteiger partial charge is 0.261 e. The third-order valence-corrected chi connectivity index (χ3v) is 3.83. The van der Waals surface area contributed by atoms with Gasteiger partial charge in [0.1, 0.15) is 6.61 Å². The van der Waals surface area contributed by atoms with Crippen LogP contribution in [0.2, 0.25) is 0 Å². The van der Waals surface area contributed by atoms with E-state index in [1.807, 2.05) is 0 Å². The van der Waals surface area contributed by atoms with E-state index in [1.54, 1.807) is 0 Å². The number of nitrogens with one attached hydrogen (secondary N) is 1. The summed E-state index contributed by atoms with van der Waals surface area (Å²) in [5, 5.41) is 7.46. The normalized spacial score (nSPS) is 11.7. The molecule has 1 amide bonds. The maximum absolute atomic E-state index is 11.8. The molecule has 0 aliphatic rings. The minimum Gasteiger partial charge on any atom is -0.375 e. The fourth-order valence-corrected chi connectivity index (χ4v) is 2.49. The summed E-state index contributed by atoms with van der Waals surface area (Å²) in [5.41, 5.74) is 0.334. The van der Waals surface area contributed by atoms with Crippen LogP contribution in [0.1, 0.15) is 6.42 Å². The topological polar surface area (TPSA) is 98.5 Å². The molecule has 0 aliphatic heterocycles. The molecule has 0 unspecified atom stereocenters. The first-order valence-electron chi connectivity index (χ1n) is 5.68. The number of halogens is 3. The highest BCUT2D eigenvalue weighted by Crippen LogP contribution is 2.25. The molecule has 1 rings (SSSR count). The van der Waals surface area contributed by atoms with Crippen molar-refractivity contribution in [3.63, 3.8) is 0 Å². The van der Waals surface area contributed by atoms with Gasteiger partial charge >= 0.3 is 0 Å². The van der Waals surface area contributed by atoms with Gasteiger partial charge < -0.3 is 10.1 Å².